The third-order valence-electron chi connectivity index (χ3n) is 5.31. The highest BCUT2D eigenvalue weighted by Gasteiger charge is 2.11. The van der Waals surface area contributed by atoms with E-state index in [9.17, 15) is 14.4 Å². The topological polar surface area (TPSA) is 122 Å². The lowest BCUT2D eigenvalue weighted by molar-refractivity contribution is -0.115. The highest BCUT2D eigenvalue weighted by molar-refractivity contribution is 7.13. The number of benzene rings is 1. The molecule has 0 radical (unpaired) electrons. The first-order valence-electron chi connectivity index (χ1n) is 11.3. The van der Waals surface area contributed by atoms with Crippen molar-refractivity contribution in [3.63, 3.8) is 0 Å². The first-order valence-corrected chi connectivity index (χ1v) is 12.5. The summed E-state index contributed by atoms with van der Waals surface area (Å²) in [6.45, 7) is 3.43. The fourth-order valence-electron chi connectivity index (χ4n) is 3.31. The van der Waals surface area contributed by atoms with Crippen LogP contribution in [0.2, 0.25) is 5.02 Å². The minimum atomic E-state index is -0.573. The summed E-state index contributed by atoms with van der Waals surface area (Å²) in [6, 6.07) is 12.6. The number of pyridine rings is 1. The van der Waals surface area contributed by atoms with E-state index in [4.69, 9.17) is 11.6 Å². The number of H-pyrrole nitrogens is 1. The van der Waals surface area contributed by atoms with E-state index in [0.717, 1.165) is 15.1 Å². The van der Waals surface area contributed by atoms with Gasteiger partial charge < -0.3 is 5.32 Å². The average molecular weight is 535 g/mol. The van der Waals surface area contributed by atoms with Crippen LogP contribution in [-0.2, 0) is 11.3 Å². The third kappa shape index (κ3) is 6.75. The van der Waals surface area contributed by atoms with Gasteiger partial charge in [-0.1, -0.05) is 35.9 Å². The number of carbonyl (C=O) groups is 1. The summed E-state index contributed by atoms with van der Waals surface area (Å²) >= 11 is 7.34. The molecule has 3 aromatic heterocycles. The van der Waals surface area contributed by atoms with Crippen molar-refractivity contribution >= 4 is 46.7 Å². The van der Waals surface area contributed by atoms with Gasteiger partial charge in [-0.15, -0.1) is 11.3 Å². The maximum atomic E-state index is 12.7. The number of aliphatic imine (C=N–C) groups is 1. The molecule has 0 saturated carbocycles. The predicted octanol–water partition coefficient (Wildman–Crippen LogP) is 4.74. The van der Waals surface area contributed by atoms with Crippen molar-refractivity contribution in [1.82, 2.24) is 19.5 Å². The molecule has 1 amide bonds. The number of aromatic nitrogens is 4. The Morgan fingerprint density at radius 1 is 1.22 bits per heavy atom. The molecule has 3 heterocycles. The zero-order valence-electron chi connectivity index (χ0n) is 20.1. The SMILES string of the molecule is CC(/C=N\c1[nH]c(=O)n(Cc2ccccn2)c(=O)c1C)=C/CC(=O)Nc1csc(-c2ccc(Cl)cc2)n1. The first kappa shape index (κ1) is 25.9. The van der Waals surface area contributed by atoms with Crippen LogP contribution in [0, 0.1) is 6.92 Å². The number of anilines is 1. The molecule has 1 aromatic carbocycles. The third-order valence-corrected chi connectivity index (χ3v) is 6.45. The monoisotopic (exact) mass is 534 g/mol. The van der Waals surface area contributed by atoms with Crippen LogP contribution in [0.25, 0.3) is 10.6 Å². The van der Waals surface area contributed by atoms with Crippen molar-refractivity contribution in [1.29, 1.82) is 0 Å². The van der Waals surface area contributed by atoms with E-state index in [1.54, 1.807) is 61.8 Å². The summed E-state index contributed by atoms with van der Waals surface area (Å²) in [5.41, 5.74) is 1.49. The summed E-state index contributed by atoms with van der Waals surface area (Å²) in [4.78, 5) is 53.1. The molecule has 4 aromatic rings. The van der Waals surface area contributed by atoms with Gasteiger partial charge in [0.2, 0.25) is 5.91 Å². The number of hydrogen-bond acceptors (Lipinski definition) is 7. The Bertz CT molecular complexity index is 1590. The van der Waals surface area contributed by atoms with Gasteiger partial charge in [0.15, 0.2) is 0 Å². The van der Waals surface area contributed by atoms with Crippen LogP contribution in [0.5, 0.6) is 0 Å². The second kappa shape index (κ2) is 11.7. The largest absolute Gasteiger partial charge is 0.330 e. The van der Waals surface area contributed by atoms with E-state index >= 15 is 0 Å². The Balaban J connectivity index is 1.38. The van der Waals surface area contributed by atoms with Gasteiger partial charge in [-0.2, -0.15) is 0 Å². The van der Waals surface area contributed by atoms with Crippen molar-refractivity contribution in [2.45, 2.75) is 26.8 Å². The molecule has 188 valence electrons. The lowest BCUT2D eigenvalue weighted by atomic mass is 10.2. The lowest BCUT2D eigenvalue weighted by Gasteiger charge is -2.07. The first-order chi connectivity index (χ1) is 17.8. The van der Waals surface area contributed by atoms with Crippen LogP contribution in [0.1, 0.15) is 24.6 Å². The Morgan fingerprint density at radius 3 is 2.73 bits per heavy atom. The summed E-state index contributed by atoms with van der Waals surface area (Å²) in [6.07, 6.45) is 4.90. The molecule has 4 rings (SSSR count). The molecule has 0 aliphatic heterocycles. The predicted molar refractivity (Wildman–Crippen MR) is 147 cm³/mol. The van der Waals surface area contributed by atoms with Crippen LogP contribution in [0.15, 0.2) is 80.3 Å². The van der Waals surface area contributed by atoms with Gasteiger partial charge in [0.05, 0.1) is 17.8 Å². The number of allylic oxidation sites excluding steroid dienone is 1. The number of amides is 1. The number of carbonyl (C=O) groups excluding carboxylic acids is 1. The fourth-order valence-corrected chi connectivity index (χ4v) is 4.19. The Kier molecular flexibility index (Phi) is 8.22. The van der Waals surface area contributed by atoms with Crippen LogP contribution in [-0.4, -0.2) is 31.6 Å². The van der Waals surface area contributed by atoms with Gasteiger partial charge >= 0.3 is 5.69 Å². The standard InChI is InChI=1S/C26H23ClN6O3S/c1-16(6-11-22(34)30-21-15-37-24(31-21)18-7-9-19(27)10-8-18)13-29-23-17(2)25(35)33(26(36)32-23)14-20-5-3-4-12-28-20/h3-10,12-13,15H,11,14H2,1-2H3,(H,30,34)(H,32,36)/b16-6-,29-13-. The molecule has 0 fully saturated rings. The van der Waals surface area contributed by atoms with Crippen molar-refractivity contribution < 1.29 is 4.79 Å². The Hall–Kier alpha value is -4.15. The van der Waals surface area contributed by atoms with Gasteiger partial charge in [0.1, 0.15) is 16.6 Å². The number of nitrogens with zero attached hydrogens (tertiary/aromatic N) is 4. The highest BCUT2D eigenvalue weighted by atomic mass is 35.5. The van der Waals surface area contributed by atoms with E-state index in [0.29, 0.717) is 27.7 Å². The molecule has 0 unspecified atom stereocenters. The molecule has 37 heavy (non-hydrogen) atoms. The van der Waals surface area contributed by atoms with Gasteiger partial charge in [0, 0.05) is 34.8 Å². The van der Waals surface area contributed by atoms with Gasteiger partial charge in [-0.25, -0.2) is 14.8 Å². The molecule has 9 nitrogen and oxygen atoms in total. The normalized spacial score (nSPS) is 11.7. The summed E-state index contributed by atoms with van der Waals surface area (Å²) in [7, 11) is 0. The summed E-state index contributed by atoms with van der Waals surface area (Å²) in [5.74, 6) is 0.406. The minimum Gasteiger partial charge on any atom is -0.310 e. The second-order valence-corrected chi connectivity index (χ2v) is 9.41. The maximum absolute atomic E-state index is 12.7. The zero-order valence-corrected chi connectivity index (χ0v) is 21.6. The summed E-state index contributed by atoms with van der Waals surface area (Å²) < 4.78 is 1.08. The van der Waals surface area contributed by atoms with Gasteiger partial charge in [0.25, 0.3) is 5.56 Å². The van der Waals surface area contributed by atoms with E-state index in [-0.39, 0.29) is 24.7 Å². The van der Waals surface area contributed by atoms with Crippen molar-refractivity contribution in [2.75, 3.05) is 5.32 Å². The number of rotatable bonds is 8. The minimum absolute atomic E-state index is 0.0636. The fraction of sp³-hybridized carbons (Fsp3) is 0.154. The zero-order chi connectivity index (χ0) is 26.4. The summed E-state index contributed by atoms with van der Waals surface area (Å²) in [5, 5.41) is 5.96. The van der Waals surface area contributed by atoms with Crippen LogP contribution >= 0.6 is 22.9 Å². The maximum Gasteiger partial charge on any atom is 0.330 e. The van der Waals surface area contributed by atoms with Crippen LogP contribution in [0.4, 0.5) is 11.6 Å². The molecule has 0 saturated heterocycles. The van der Waals surface area contributed by atoms with Crippen molar-refractivity contribution in [3.8, 4) is 10.6 Å². The van der Waals surface area contributed by atoms with Gasteiger partial charge in [-0.3, -0.25) is 24.1 Å². The number of nitrogens with one attached hydrogen (secondary N) is 2. The molecule has 11 heteroatoms. The molecule has 0 aliphatic rings. The number of thiazole rings is 1. The lowest BCUT2D eigenvalue weighted by Crippen LogP contribution is -2.36. The van der Waals surface area contributed by atoms with Crippen LogP contribution in [0.3, 0.4) is 0 Å². The molecule has 0 atom stereocenters. The second-order valence-electron chi connectivity index (χ2n) is 8.12. The quantitative estimate of drug-likeness (QED) is 0.316. The van der Waals surface area contributed by atoms with Crippen molar-refractivity contribution in [3.05, 3.63) is 103 Å². The molecule has 0 aliphatic carbocycles. The van der Waals surface area contributed by atoms with Crippen molar-refractivity contribution in [2.24, 2.45) is 4.99 Å². The number of aromatic amines is 1. The van der Waals surface area contributed by atoms with E-state index < -0.39 is 11.2 Å². The average Bonchev–Trinajstić information content (AvgIpc) is 3.36. The molecule has 2 N–H and O–H groups in total. The van der Waals surface area contributed by atoms with Crippen LogP contribution < -0.4 is 16.6 Å². The molecular weight excluding hydrogens is 512 g/mol. The van der Waals surface area contributed by atoms with E-state index in [2.05, 4.69) is 25.3 Å². The highest BCUT2D eigenvalue weighted by Crippen LogP contribution is 2.27. The van der Waals surface area contributed by atoms with E-state index in [1.807, 2.05) is 12.1 Å². The molecular formula is C26H23ClN6O3S. The number of hydrogen-bond donors (Lipinski definition) is 2. The van der Waals surface area contributed by atoms with E-state index in [1.165, 1.54) is 17.6 Å². The molecule has 0 spiro atoms. The number of halogens is 1. The Morgan fingerprint density at radius 2 is 2.00 bits per heavy atom. The molecule has 0 bridgehead atoms. The smallest absolute Gasteiger partial charge is 0.310 e. The Labute approximate surface area is 221 Å². The van der Waals surface area contributed by atoms with Gasteiger partial charge in [-0.05, 0) is 43.7 Å².